The van der Waals surface area contributed by atoms with Gasteiger partial charge in [0.05, 0.1) is 30.8 Å². The summed E-state index contributed by atoms with van der Waals surface area (Å²) in [6, 6.07) is 2.58. The van der Waals surface area contributed by atoms with Gasteiger partial charge in [-0.2, -0.15) is 0 Å². The second kappa shape index (κ2) is 5.15. The molecule has 17 heavy (non-hydrogen) atoms. The molecule has 1 aromatic rings. The van der Waals surface area contributed by atoms with Crippen molar-refractivity contribution in [1.29, 1.82) is 0 Å². The Labute approximate surface area is 97.5 Å². The molecule has 0 saturated heterocycles. The Hall–Kier alpha value is -2.31. The molecule has 92 valence electrons. The van der Waals surface area contributed by atoms with E-state index in [2.05, 4.69) is 5.32 Å². The van der Waals surface area contributed by atoms with E-state index in [1.165, 1.54) is 33.4 Å². The molecule has 0 bridgehead atoms. The average Bonchev–Trinajstić information content (AvgIpc) is 2.35. The summed E-state index contributed by atoms with van der Waals surface area (Å²) in [5.41, 5.74) is -0.258. The fourth-order valence-electron chi connectivity index (χ4n) is 1.36. The maximum absolute atomic E-state index is 11.6. The van der Waals surface area contributed by atoms with Crippen molar-refractivity contribution < 1.29 is 19.2 Å². The van der Waals surface area contributed by atoms with Crippen molar-refractivity contribution in [3.8, 4) is 11.5 Å². The highest BCUT2D eigenvalue weighted by atomic mass is 16.6. The minimum absolute atomic E-state index is 0.0565. The molecule has 0 aromatic heterocycles. The molecule has 0 fully saturated rings. The molecular weight excluding hydrogens is 228 g/mol. The fraction of sp³-hybridized carbons (Fsp3) is 0.300. The number of nitro groups is 1. The summed E-state index contributed by atoms with van der Waals surface area (Å²) in [7, 11) is 4.05. The zero-order valence-corrected chi connectivity index (χ0v) is 9.64. The number of ether oxygens (including phenoxy) is 2. The van der Waals surface area contributed by atoms with Crippen molar-refractivity contribution in [2.45, 2.75) is 0 Å². The van der Waals surface area contributed by atoms with Crippen molar-refractivity contribution in [3.63, 3.8) is 0 Å². The number of carbonyl (C=O) groups excluding carboxylic acids is 1. The van der Waals surface area contributed by atoms with E-state index in [1.54, 1.807) is 0 Å². The van der Waals surface area contributed by atoms with E-state index in [0.717, 1.165) is 0 Å². The van der Waals surface area contributed by atoms with Crippen molar-refractivity contribution >= 4 is 11.6 Å². The Bertz CT molecular complexity index is 458. The molecule has 1 rings (SSSR count). The molecule has 0 atom stereocenters. The van der Waals surface area contributed by atoms with E-state index < -0.39 is 10.8 Å². The highest BCUT2D eigenvalue weighted by molar-refractivity contribution is 5.98. The summed E-state index contributed by atoms with van der Waals surface area (Å²) in [5.74, 6) is -0.352. The third-order valence-corrected chi connectivity index (χ3v) is 2.15. The van der Waals surface area contributed by atoms with Crippen LogP contribution in [0.4, 0.5) is 5.69 Å². The molecule has 7 heteroatoms. The molecule has 0 unspecified atom stereocenters. The number of methoxy groups -OCH3 is 2. The standard InChI is InChI=1S/C10H12N2O5/c1-11-10(13)7-4-6(16-2)5-8(12(14)15)9(7)17-3/h4-5H,1-3H3,(H,11,13). The van der Waals surface area contributed by atoms with Crippen LogP contribution in [0.1, 0.15) is 10.4 Å². The highest BCUT2D eigenvalue weighted by Crippen LogP contribution is 2.35. The molecule has 1 aromatic carbocycles. The van der Waals surface area contributed by atoms with E-state index >= 15 is 0 Å². The first-order chi connectivity index (χ1) is 8.04. The van der Waals surface area contributed by atoms with Crippen LogP contribution < -0.4 is 14.8 Å². The van der Waals surface area contributed by atoms with Gasteiger partial charge in [-0.1, -0.05) is 0 Å². The SMILES string of the molecule is CNC(=O)c1cc(OC)cc([N+](=O)[O-])c1OC. The number of carbonyl (C=O) groups is 1. The molecule has 0 aliphatic rings. The van der Waals surface area contributed by atoms with E-state index in [0.29, 0.717) is 0 Å². The lowest BCUT2D eigenvalue weighted by Crippen LogP contribution is -2.19. The first-order valence-electron chi connectivity index (χ1n) is 4.67. The summed E-state index contributed by atoms with van der Waals surface area (Å²) in [6.07, 6.45) is 0. The molecule has 0 radical (unpaired) electrons. The normalized spacial score (nSPS) is 9.59. The number of amides is 1. The van der Waals surface area contributed by atoms with Gasteiger partial charge in [-0.3, -0.25) is 14.9 Å². The van der Waals surface area contributed by atoms with Crippen LogP contribution in [0.15, 0.2) is 12.1 Å². The number of nitro benzene ring substituents is 1. The van der Waals surface area contributed by atoms with Gasteiger partial charge >= 0.3 is 5.69 Å². The minimum atomic E-state index is -0.631. The summed E-state index contributed by atoms with van der Waals surface area (Å²) in [6.45, 7) is 0. The van der Waals surface area contributed by atoms with Crippen LogP contribution >= 0.6 is 0 Å². The number of hydrogen-bond donors (Lipinski definition) is 1. The summed E-state index contributed by atoms with van der Waals surface area (Å²) in [4.78, 5) is 21.8. The van der Waals surface area contributed by atoms with Gasteiger partial charge in [0.2, 0.25) is 5.75 Å². The molecule has 0 aliphatic carbocycles. The van der Waals surface area contributed by atoms with Gasteiger partial charge in [-0.25, -0.2) is 0 Å². The van der Waals surface area contributed by atoms with Crippen LogP contribution in [-0.4, -0.2) is 32.1 Å². The smallest absolute Gasteiger partial charge is 0.315 e. The number of nitrogens with one attached hydrogen (secondary N) is 1. The first kappa shape index (κ1) is 12.8. The van der Waals surface area contributed by atoms with Crippen LogP contribution in [0.25, 0.3) is 0 Å². The Morgan fingerprint density at radius 2 is 2.00 bits per heavy atom. The Balaban J connectivity index is 3.50. The summed E-state index contributed by atoms with van der Waals surface area (Å²) >= 11 is 0. The number of benzene rings is 1. The monoisotopic (exact) mass is 240 g/mol. The topological polar surface area (TPSA) is 90.7 Å². The van der Waals surface area contributed by atoms with Crippen molar-refractivity contribution in [2.24, 2.45) is 0 Å². The van der Waals surface area contributed by atoms with Gasteiger partial charge in [-0.05, 0) is 6.07 Å². The second-order valence-electron chi connectivity index (χ2n) is 3.06. The Morgan fingerprint density at radius 1 is 1.35 bits per heavy atom. The lowest BCUT2D eigenvalue weighted by Gasteiger charge is -2.09. The van der Waals surface area contributed by atoms with Gasteiger partial charge in [-0.15, -0.1) is 0 Å². The predicted octanol–water partition coefficient (Wildman–Crippen LogP) is 0.972. The third-order valence-electron chi connectivity index (χ3n) is 2.15. The quantitative estimate of drug-likeness (QED) is 0.625. The largest absolute Gasteiger partial charge is 0.496 e. The average molecular weight is 240 g/mol. The van der Waals surface area contributed by atoms with Crippen LogP contribution in [0.5, 0.6) is 11.5 Å². The number of hydrogen-bond acceptors (Lipinski definition) is 5. The molecule has 1 N–H and O–H groups in total. The highest BCUT2D eigenvalue weighted by Gasteiger charge is 2.24. The van der Waals surface area contributed by atoms with Crippen LogP contribution in [0.3, 0.4) is 0 Å². The zero-order chi connectivity index (χ0) is 13.0. The van der Waals surface area contributed by atoms with Gasteiger partial charge < -0.3 is 14.8 Å². The van der Waals surface area contributed by atoms with E-state index in [4.69, 9.17) is 9.47 Å². The molecule has 7 nitrogen and oxygen atoms in total. The zero-order valence-electron chi connectivity index (χ0n) is 9.64. The fourth-order valence-corrected chi connectivity index (χ4v) is 1.36. The van der Waals surface area contributed by atoms with E-state index in [-0.39, 0.29) is 22.7 Å². The van der Waals surface area contributed by atoms with Crippen molar-refractivity contribution in [3.05, 3.63) is 27.8 Å². The Kier molecular flexibility index (Phi) is 3.86. The summed E-state index contributed by atoms with van der Waals surface area (Å²) < 4.78 is 9.80. The van der Waals surface area contributed by atoms with Gasteiger partial charge in [0.1, 0.15) is 5.75 Å². The van der Waals surface area contributed by atoms with Gasteiger partial charge in [0.25, 0.3) is 5.91 Å². The number of rotatable bonds is 4. The second-order valence-corrected chi connectivity index (χ2v) is 3.06. The Morgan fingerprint density at radius 3 is 2.41 bits per heavy atom. The van der Waals surface area contributed by atoms with E-state index in [1.807, 2.05) is 0 Å². The molecule has 0 spiro atoms. The maximum atomic E-state index is 11.6. The predicted molar refractivity (Wildman–Crippen MR) is 59.6 cm³/mol. The molecule has 0 aliphatic heterocycles. The molecule has 0 heterocycles. The lowest BCUT2D eigenvalue weighted by atomic mass is 10.1. The van der Waals surface area contributed by atoms with Crippen LogP contribution in [0.2, 0.25) is 0 Å². The third kappa shape index (κ3) is 2.44. The van der Waals surface area contributed by atoms with E-state index in [9.17, 15) is 14.9 Å². The van der Waals surface area contributed by atoms with Crippen LogP contribution in [-0.2, 0) is 0 Å². The first-order valence-corrected chi connectivity index (χ1v) is 4.67. The number of nitrogens with zero attached hydrogens (tertiary/aromatic N) is 1. The van der Waals surface area contributed by atoms with Gasteiger partial charge in [0.15, 0.2) is 0 Å². The van der Waals surface area contributed by atoms with Crippen LogP contribution in [0, 0.1) is 10.1 Å². The van der Waals surface area contributed by atoms with Crippen molar-refractivity contribution in [2.75, 3.05) is 21.3 Å². The maximum Gasteiger partial charge on any atom is 0.315 e. The molecular formula is C10H12N2O5. The molecule has 1 amide bonds. The van der Waals surface area contributed by atoms with Crippen molar-refractivity contribution in [1.82, 2.24) is 5.32 Å². The lowest BCUT2D eigenvalue weighted by molar-refractivity contribution is -0.385. The summed E-state index contributed by atoms with van der Waals surface area (Å²) in [5, 5.41) is 13.2. The van der Waals surface area contributed by atoms with Gasteiger partial charge in [0, 0.05) is 7.05 Å². The molecule has 0 saturated carbocycles. The minimum Gasteiger partial charge on any atom is -0.496 e.